The highest BCUT2D eigenvalue weighted by molar-refractivity contribution is 6.31. The molecular formula is C22H29ClN4O3. The SMILES string of the molecule is COc1ccc(Cl)cc1NC(=O)CC[C@@H]1CCCN(C(=O)CCn2ccnc2C)C1. The van der Waals surface area contributed by atoms with Gasteiger partial charge in [-0.2, -0.15) is 0 Å². The Hall–Kier alpha value is -2.54. The molecule has 0 spiro atoms. The van der Waals surface area contributed by atoms with Crippen LogP contribution in [0.2, 0.25) is 5.02 Å². The number of aryl methyl sites for hydroxylation is 2. The number of carbonyl (C=O) groups excluding carboxylic acids is 2. The van der Waals surface area contributed by atoms with E-state index in [1.807, 2.05) is 22.6 Å². The minimum absolute atomic E-state index is 0.0744. The summed E-state index contributed by atoms with van der Waals surface area (Å²) in [6.45, 7) is 4.10. The molecule has 2 heterocycles. The number of anilines is 1. The lowest BCUT2D eigenvalue weighted by Crippen LogP contribution is -2.40. The second-order valence-electron chi connectivity index (χ2n) is 7.70. The summed E-state index contributed by atoms with van der Waals surface area (Å²) < 4.78 is 7.26. The quantitative estimate of drug-likeness (QED) is 0.686. The highest BCUT2D eigenvalue weighted by Gasteiger charge is 2.24. The van der Waals surface area contributed by atoms with Crippen LogP contribution in [-0.2, 0) is 16.1 Å². The number of hydrogen-bond donors (Lipinski definition) is 1. The Balaban J connectivity index is 1.45. The summed E-state index contributed by atoms with van der Waals surface area (Å²) in [5, 5.41) is 3.42. The third kappa shape index (κ3) is 5.98. The minimum Gasteiger partial charge on any atom is -0.495 e. The lowest BCUT2D eigenvalue weighted by molar-refractivity contribution is -0.133. The highest BCUT2D eigenvalue weighted by Crippen LogP contribution is 2.28. The average Bonchev–Trinajstić information content (AvgIpc) is 3.15. The molecule has 0 radical (unpaired) electrons. The number of methoxy groups -OCH3 is 1. The van der Waals surface area contributed by atoms with Crippen LogP contribution in [0, 0.1) is 12.8 Å². The van der Waals surface area contributed by atoms with E-state index in [0.29, 0.717) is 41.8 Å². The Morgan fingerprint density at radius 3 is 2.90 bits per heavy atom. The number of imidazole rings is 1. The fraction of sp³-hybridized carbons (Fsp3) is 0.500. The van der Waals surface area contributed by atoms with E-state index in [-0.39, 0.29) is 11.8 Å². The first kappa shape index (κ1) is 22.2. The van der Waals surface area contributed by atoms with Crippen LogP contribution in [0.5, 0.6) is 5.75 Å². The molecule has 7 nitrogen and oxygen atoms in total. The van der Waals surface area contributed by atoms with Crippen molar-refractivity contribution in [2.24, 2.45) is 5.92 Å². The van der Waals surface area contributed by atoms with Gasteiger partial charge in [0.2, 0.25) is 11.8 Å². The van der Waals surface area contributed by atoms with E-state index in [1.54, 1.807) is 31.5 Å². The van der Waals surface area contributed by atoms with Gasteiger partial charge < -0.3 is 19.5 Å². The van der Waals surface area contributed by atoms with Crippen LogP contribution in [0.4, 0.5) is 5.69 Å². The van der Waals surface area contributed by atoms with Gasteiger partial charge in [-0.3, -0.25) is 9.59 Å². The number of aromatic nitrogens is 2. The molecule has 1 N–H and O–H groups in total. The number of nitrogens with zero attached hydrogens (tertiary/aromatic N) is 3. The van der Waals surface area contributed by atoms with Gasteiger partial charge in [0, 0.05) is 49.9 Å². The molecule has 2 amide bonds. The molecular weight excluding hydrogens is 404 g/mol. The summed E-state index contributed by atoms with van der Waals surface area (Å²) in [5.41, 5.74) is 0.574. The summed E-state index contributed by atoms with van der Waals surface area (Å²) in [6, 6.07) is 5.13. The maximum Gasteiger partial charge on any atom is 0.224 e. The van der Waals surface area contributed by atoms with E-state index in [0.717, 1.165) is 38.2 Å². The van der Waals surface area contributed by atoms with Gasteiger partial charge in [0.05, 0.1) is 12.8 Å². The van der Waals surface area contributed by atoms with E-state index < -0.39 is 0 Å². The zero-order chi connectivity index (χ0) is 21.5. The van der Waals surface area contributed by atoms with Gasteiger partial charge in [-0.15, -0.1) is 0 Å². The molecule has 1 atom stereocenters. The Labute approximate surface area is 182 Å². The lowest BCUT2D eigenvalue weighted by Gasteiger charge is -2.33. The lowest BCUT2D eigenvalue weighted by atomic mass is 9.93. The predicted octanol–water partition coefficient (Wildman–Crippen LogP) is 3.90. The average molecular weight is 433 g/mol. The van der Waals surface area contributed by atoms with Crippen LogP contribution in [0.1, 0.15) is 37.9 Å². The first-order chi connectivity index (χ1) is 14.5. The van der Waals surface area contributed by atoms with E-state index in [1.165, 1.54) is 0 Å². The van der Waals surface area contributed by atoms with Gasteiger partial charge in [0.25, 0.3) is 0 Å². The monoisotopic (exact) mass is 432 g/mol. The predicted molar refractivity (Wildman–Crippen MR) is 117 cm³/mol. The summed E-state index contributed by atoms with van der Waals surface area (Å²) in [7, 11) is 1.56. The molecule has 0 bridgehead atoms. The highest BCUT2D eigenvalue weighted by atomic mass is 35.5. The van der Waals surface area contributed by atoms with Crippen molar-refractivity contribution in [3.63, 3.8) is 0 Å². The Kier molecular flexibility index (Phi) is 7.74. The number of benzene rings is 1. The van der Waals surface area contributed by atoms with Crippen molar-refractivity contribution in [1.82, 2.24) is 14.5 Å². The molecule has 1 aliphatic heterocycles. The Morgan fingerprint density at radius 1 is 1.33 bits per heavy atom. The number of piperidine rings is 1. The maximum absolute atomic E-state index is 12.6. The van der Waals surface area contributed by atoms with Crippen molar-refractivity contribution < 1.29 is 14.3 Å². The van der Waals surface area contributed by atoms with Crippen LogP contribution in [0.3, 0.4) is 0 Å². The third-order valence-electron chi connectivity index (χ3n) is 5.58. The molecule has 1 aliphatic rings. The van der Waals surface area contributed by atoms with Gasteiger partial charge in [-0.25, -0.2) is 4.98 Å². The molecule has 0 aliphatic carbocycles. The molecule has 1 aromatic heterocycles. The third-order valence-corrected chi connectivity index (χ3v) is 5.81. The van der Waals surface area contributed by atoms with Crippen molar-refractivity contribution in [2.75, 3.05) is 25.5 Å². The van der Waals surface area contributed by atoms with Crippen LogP contribution in [0.25, 0.3) is 0 Å². The van der Waals surface area contributed by atoms with Gasteiger partial charge in [0.15, 0.2) is 0 Å². The van der Waals surface area contributed by atoms with Crippen molar-refractivity contribution in [3.05, 3.63) is 41.4 Å². The number of rotatable bonds is 8. The van der Waals surface area contributed by atoms with E-state index in [4.69, 9.17) is 16.3 Å². The normalized spacial score (nSPS) is 16.4. The molecule has 1 aromatic carbocycles. The molecule has 30 heavy (non-hydrogen) atoms. The number of hydrogen-bond acceptors (Lipinski definition) is 4. The molecule has 1 fully saturated rings. The minimum atomic E-state index is -0.0744. The number of likely N-dealkylation sites (tertiary alicyclic amines) is 1. The first-order valence-electron chi connectivity index (χ1n) is 10.3. The van der Waals surface area contributed by atoms with E-state index >= 15 is 0 Å². The molecule has 1 saturated heterocycles. The van der Waals surface area contributed by atoms with Crippen molar-refractivity contribution in [2.45, 2.75) is 45.6 Å². The standard InChI is InChI=1S/C22H29ClN4O3/c1-16-24-10-13-26(16)12-9-22(29)27-11-3-4-17(15-27)5-8-21(28)25-19-14-18(23)6-7-20(19)30-2/h6-7,10,13-14,17H,3-5,8-9,11-12,15H2,1-2H3,(H,25,28)/t17-/m0/s1. The fourth-order valence-corrected chi connectivity index (χ4v) is 4.04. The summed E-state index contributed by atoms with van der Waals surface area (Å²) in [5.74, 6) is 1.93. The smallest absolute Gasteiger partial charge is 0.224 e. The molecule has 3 rings (SSSR count). The number of halogens is 1. The van der Waals surface area contributed by atoms with Crippen molar-refractivity contribution >= 4 is 29.1 Å². The zero-order valence-electron chi connectivity index (χ0n) is 17.6. The first-order valence-corrected chi connectivity index (χ1v) is 10.7. The molecule has 8 heteroatoms. The topological polar surface area (TPSA) is 76.5 Å². The Bertz CT molecular complexity index is 883. The number of amides is 2. The number of nitrogens with one attached hydrogen (secondary N) is 1. The second kappa shape index (κ2) is 10.5. The molecule has 162 valence electrons. The van der Waals surface area contributed by atoms with Crippen LogP contribution >= 0.6 is 11.6 Å². The summed E-state index contributed by atoms with van der Waals surface area (Å²) in [4.78, 5) is 31.2. The Morgan fingerprint density at radius 2 is 2.17 bits per heavy atom. The molecule has 2 aromatic rings. The van der Waals surface area contributed by atoms with Gasteiger partial charge in [-0.1, -0.05) is 11.6 Å². The maximum atomic E-state index is 12.6. The molecule has 0 unspecified atom stereocenters. The van der Waals surface area contributed by atoms with Gasteiger partial charge in [0.1, 0.15) is 11.6 Å². The van der Waals surface area contributed by atoms with E-state index in [2.05, 4.69) is 10.3 Å². The summed E-state index contributed by atoms with van der Waals surface area (Å²) in [6.07, 6.45) is 7.28. The zero-order valence-corrected chi connectivity index (χ0v) is 18.3. The van der Waals surface area contributed by atoms with Crippen LogP contribution < -0.4 is 10.1 Å². The fourth-order valence-electron chi connectivity index (χ4n) is 3.87. The number of ether oxygens (including phenoxy) is 1. The van der Waals surface area contributed by atoms with Crippen molar-refractivity contribution in [1.29, 1.82) is 0 Å². The van der Waals surface area contributed by atoms with Crippen LogP contribution in [-0.4, -0.2) is 46.5 Å². The van der Waals surface area contributed by atoms with Gasteiger partial charge in [-0.05, 0) is 50.3 Å². The molecule has 0 saturated carbocycles. The second-order valence-corrected chi connectivity index (χ2v) is 8.13. The van der Waals surface area contributed by atoms with Crippen molar-refractivity contribution in [3.8, 4) is 5.75 Å². The van der Waals surface area contributed by atoms with Gasteiger partial charge >= 0.3 is 0 Å². The van der Waals surface area contributed by atoms with Crippen LogP contribution in [0.15, 0.2) is 30.6 Å². The summed E-state index contributed by atoms with van der Waals surface area (Å²) >= 11 is 6.02. The van der Waals surface area contributed by atoms with E-state index in [9.17, 15) is 9.59 Å². The number of carbonyl (C=O) groups is 2. The largest absolute Gasteiger partial charge is 0.495 e.